The average Bonchev–Trinajstić information content (AvgIpc) is 3.28. The van der Waals surface area contributed by atoms with E-state index in [1.165, 1.54) is 30.4 Å². The third-order valence-electron chi connectivity index (χ3n) is 5.38. The maximum atomic E-state index is 11.7. The molecule has 0 radical (unpaired) electrons. The highest BCUT2D eigenvalue weighted by Crippen LogP contribution is 2.34. The van der Waals surface area contributed by atoms with E-state index < -0.39 is 10.0 Å². The number of hydrogen-bond donors (Lipinski definition) is 0. The van der Waals surface area contributed by atoms with Crippen LogP contribution in [0.5, 0.6) is 0 Å². The predicted molar refractivity (Wildman–Crippen MR) is 90.7 cm³/mol. The number of aryl methyl sites for hydroxylation is 2. The molecule has 23 heavy (non-hydrogen) atoms. The second-order valence-electron chi connectivity index (χ2n) is 7.07. The largest absolute Gasteiger partial charge is 0.293 e. The molecule has 1 aromatic rings. The van der Waals surface area contributed by atoms with Crippen LogP contribution >= 0.6 is 0 Å². The molecule has 0 unspecified atom stereocenters. The number of aromatic nitrogens is 2. The van der Waals surface area contributed by atoms with Crippen molar-refractivity contribution >= 4 is 10.0 Å². The van der Waals surface area contributed by atoms with Crippen molar-refractivity contribution < 1.29 is 8.42 Å². The lowest BCUT2D eigenvalue weighted by Gasteiger charge is -2.38. The molecule has 2 fully saturated rings. The summed E-state index contributed by atoms with van der Waals surface area (Å²) in [6, 6.07) is 1.16. The first-order chi connectivity index (χ1) is 10.8. The molecule has 1 aliphatic carbocycles. The van der Waals surface area contributed by atoms with E-state index in [0.717, 1.165) is 25.1 Å². The molecule has 0 amide bonds. The highest BCUT2D eigenvalue weighted by Gasteiger charge is 2.37. The summed E-state index contributed by atoms with van der Waals surface area (Å²) >= 11 is 0. The van der Waals surface area contributed by atoms with Gasteiger partial charge < -0.3 is 0 Å². The second kappa shape index (κ2) is 6.18. The first-order valence-electron chi connectivity index (χ1n) is 8.47. The molecule has 7 heteroatoms. The summed E-state index contributed by atoms with van der Waals surface area (Å²) in [7, 11) is -1.05. The van der Waals surface area contributed by atoms with Gasteiger partial charge in [-0.15, -0.1) is 0 Å². The number of sulfonamides is 1. The van der Waals surface area contributed by atoms with Gasteiger partial charge in [0.05, 0.1) is 11.9 Å². The van der Waals surface area contributed by atoms with E-state index in [1.54, 1.807) is 4.31 Å². The maximum Gasteiger partial charge on any atom is 0.211 e. The van der Waals surface area contributed by atoms with Gasteiger partial charge in [-0.1, -0.05) is 0 Å². The topological polar surface area (TPSA) is 58.4 Å². The van der Waals surface area contributed by atoms with Gasteiger partial charge in [0.25, 0.3) is 0 Å². The van der Waals surface area contributed by atoms with Crippen LogP contribution in [0.4, 0.5) is 0 Å². The fourth-order valence-corrected chi connectivity index (χ4v) is 4.57. The van der Waals surface area contributed by atoms with Crippen LogP contribution in [-0.2, 0) is 23.6 Å². The van der Waals surface area contributed by atoms with Crippen LogP contribution < -0.4 is 0 Å². The molecule has 0 bridgehead atoms. The number of nitrogens with zero attached hydrogens (tertiary/aromatic N) is 4. The predicted octanol–water partition coefficient (Wildman–Crippen LogP) is 1.43. The molecule has 1 aliphatic heterocycles. The van der Waals surface area contributed by atoms with Crippen LogP contribution in [0.25, 0.3) is 0 Å². The van der Waals surface area contributed by atoms with Crippen molar-refractivity contribution in [1.29, 1.82) is 0 Å². The minimum absolute atomic E-state index is 0.486. The Hall–Kier alpha value is -0.920. The van der Waals surface area contributed by atoms with Crippen LogP contribution in [0.15, 0.2) is 0 Å². The van der Waals surface area contributed by atoms with E-state index in [-0.39, 0.29) is 0 Å². The van der Waals surface area contributed by atoms with Gasteiger partial charge in [-0.2, -0.15) is 5.10 Å². The molecule has 3 rings (SSSR count). The van der Waals surface area contributed by atoms with E-state index in [9.17, 15) is 8.42 Å². The standard InChI is InChI=1S/C16H28N4O2S/c1-12-16(13(2)18(3)17-12)11-20(14-5-6-14)15-7-9-19(10-8-15)23(4,21)22/h14-15H,5-11H2,1-4H3. The van der Waals surface area contributed by atoms with E-state index in [4.69, 9.17) is 0 Å². The SMILES string of the molecule is Cc1nn(C)c(C)c1CN(C1CC1)C1CCN(S(C)(=O)=O)CC1. The summed E-state index contributed by atoms with van der Waals surface area (Å²) in [6.45, 7) is 6.46. The van der Waals surface area contributed by atoms with Gasteiger partial charge in [-0.05, 0) is 39.5 Å². The van der Waals surface area contributed by atoms with E-state index in [0.29, 0.717) is 25.2 Å². The Morgan fingerprint density at radius 1 is 1.13 bits per heavy atom. The first-order valence-corrected chi connectivity index (χ1v) is 10.3. The summed E-state index contributed by atoms with van der Waals surface area (Å²) in [5.41, 5.74) is 3.69. The molecular weight excluding hydrogens is 312 g/mol. The van der Waals surface area contributed by atoms with Crippen LogP contribution in [0, 0.1) is 13.8 Å². The van der Waals surface area contributed by atoms with Crippen molar-refractivity contribution in [1.82, 2.24) is 19.0 Å². The Morgan fingerprint density at radius 3 is 2.13 bits per heavy atom. The van der Waals surface area contributed by atoms with Crippen LogP contribution in [-0.4, -0.2) is 58.8 Å². The van der Waals surface area contributed by atoms with E-state index in [1.807, 2.05) is 11.7 Å². The van der Waals surface area contributed by atoms with Crippen LogP contribution in [0.3, 0.4) is 0 Å². The lowest BCUT2D eigenvalue weighted by molar-refractivity contribution is 0.124. The van der Waals surface area contributed by atoms with Gasteiger partial charge in [0, 0.05) is 50.0 Å². The van der Waals surface area contributed by atoms with Gasteiger partial charge in [-0.25, -0.2) is 12.7 Å². The highest BCUT2D eigenvalue weighted by atomic mass is 32.2. The van der Waals surface area contributed by atoms with Gasteiger partial charge in [0.1, 0.15) is 0 Å². The van der Waals surface area contributed by atoms with Crippen molar-refractivity contribution in [2.75, 3.05) is 19.3 Å². The van der Waals surface area contributed by atoms with Crippen molar-refractivity contribution in [2.45, 2.75) is 58.2 Å². The maximum absolute atomic E-state index is 11.7. The summed E-state index contributed by atoms with van der Waals surface area (Å²) in [4.78, 5) is 2.61. The third-order valence-corrected chi connectivity index (χ3v) is 6.68. The first kappa shape index (κ1) is 16.9. The molecule has 130 valence electrons. The summed E-state index contributed by atoms with van der Waals surface area (Å²) in [5, 5.41) is 4.54. The fourth-order valence-electron chi connectivity index (χ4n) is 3.70. The molecule has 0 N–H and O–H groups in total. The fraction of sp³-hybridized carbons (Fsp3) is 0.812. The van der Waals surface area contributed by atoms with Gasteiger partial charge in [-0.3, -0.25) is 9.58 Å². The lowest BCUT2D eigenvalue weighted by Crippen LogP contribution is -2.47. The Labute approximate surface area is 139 Å². The third kappa shape index (κ3) is 3.61. The quantitative estimate of drug-likeness (QED) is 0.813. The van der Waals surface area contributed by atoms with E-state index >= 15 is 0 Å². The smallest absolute Gasteiger partial charge is 0.211 e. The summed E-state index contributed by atoms with van der Waals surface area (Å²) < 4.78 is 27.0. The molecule has 0 aromatic carbocycles. The van der Waals surface area contributed by atoms with Crippen molar-refractivity contribution in [2.24, 2.45) is 7.05 Å². The Balaban J connectivity index is 1.71. The zero-order chi connectivity index (χ0) is 16.8. The number of piperidine rings is 1. The van der Waals surface area contributed by atoms with Crippen molar-refractivity contribution in [3.8, 4) is 0 Å². The van der Waals surface area contributed by atoms with Crippen LogP contribution in [0.2, 0.25) is 0 Å². The highest BCUT2D eigenvalue weighted by molar-refractivity contribution is 7.88. The van der Waals surface area contributed by atoms with Gasteiger partial charge in [0.2, 0.25) is 10.0 Å². The normalized spacial score (nSPS) is 21.3. The molecule has 0 spiro atoms. The molecule has 1 aromatic heterocycles. The zero-order valence-corrected chi connectivity index (χ0v) is 15.4. The Bertz CT molecular complexity index is 670. The molecule has 6 nitrogen and oxygen atoms in total. The molecule has 2 heterocycles. The van der Waals surface area contributed by atoms with E-state index in [2.05, 4.69) is 23.8 Å². The molecule has 1 saturated heterocycles. The monoisotopic (exact) mass is 340 g/mol. The molecular formula is C16H28N4O2S. The lowest BCUT2D eigenvalue weighted by atomic mass is 10.0. The molecule has 0 atom stereocenters. The number of hydrogen-bond acceptors (Lipinski definition) is 4. The van der Waals surface area contributed by atoms with Crippen molar-refractivity contribution in [3.05, 3.63) is 17.0 Å². The summed E-state index contributed by atoms with van der Waals surface area (Å²) in [5.74, 6) is 0. The second-order valence-corrected chi connectivity index (χ2v) is 9.05. The minimum atomic E-state index is -3.05. The van der Waals surface area contributed by atoms with Crippen LogP contribution in [0.1, 0.15) is 42.6 Å². The zero-order valence-electron chi connectivity index (χ0n) is 14.6. The average molecular weight is 340 g/mol. The van der Waals surface area contributed by atoms with Gasteiger partial charge >= 0.3 is 0 Å². The summed E-state index contributed by atoms with van der Waals surface area (Å²) in [6.07, 6.45) is 5.72. The molecule has 1 saturated carbocycles. The minimum Gasteiger partial charge on any atom is -0.293 e. The Kier molecular flexibility index (Phi) is 4.55. The van der Waals surface area contributed by atoms with Crippen molar-refractivity contribution in [3.63, 3.8) is 0 Å². The molecule has 2 aliphatic rings. The van der Waals surface area contributed by atoms with Gasteiger partial charge in [0.15, 0.2) is 0 Å². The Morgan fingerprint density at radius 2 is 1.70 bits per heavy atom. The number of rotatable bonds is 5.